The molecule has 1 aromatic rings. The molecule has 0 fully saturated rings. The van der Waals surface area contributed by atoms with Gasteiger partial charge in [0.25, 0.3) is 0 Å². The number of sulfonamides is 1. The lowest BCUT2D eigenvalue weighted by atomic mass is 10.1. The number of hydrogen-bond acceptors (Lipinski definition) is 3. The molecule has 0 spiro atoms. The molecule has 0 heterocycles. The van der Waals surface area contributed by atoms with E-state index in [2.05, 4.69) is 0 Å². The fourth-order valence-corrected chi connectivity index (χ4v) is 3.30. The predicted octanol–water partition coefficient (Wildman–Crippen LogP) is 2.38. The van der Waals surface area contributed by atoms with Gasteiger partial charge in [-0.2, -0.15) is 13.2 Å². The minimum atomic E-state index is -4.68. The van der Waals surface area contributed by atoms with Gasteiger partial charge in [0.2, 0.25) is 10.0 Å². The number of hydrogen-bond donors (Lipinski definition) is 2. The summed E-state index contributed by atoms with van der Waals surface area (Å²) in [7, 11) is -4.21. The van der Waals surface area contributed by atoms with E-state index in [4.69, 9.17) is 5.11 Å². The van der Waals surface area contributed by atoms with Gasteiger partial charge in [0.05, 0.1) is 11.3 Å². The Hall–Kier alpha value is -1.61. The fraction of sp³-hybridized carbons (Fsp3) is 0.462. The normalized spacial score (nSPS) is 13.8. The largest absolute Gasteiger partial charge is 0.480 e. The Kier molecular flexibility index (Phi) is 5.95. The zero-order valence-corrected chi connectivity index (χ0v) is 12.5. The van der Waals surface area contributed by atoms with Crippen molar-refractivity contribution < 1.29 is 31.5 Å². The molecule has 0 aliphatic rings. The molecule has 5 nitrogen and oxygen atoms in total. The molecule has 0 aliphatic heterocycles. The van der Waals surface area contributed by atoms with Gasteiger partial charge in [-0.3, -0.25) is 4.79 Å². The first-order valence-electron chi connectivity index (χ1n) is 6.44. The smallest absolute Gasteiger partial charge is 0.416 e. The van der Waals surface area contributed by atoms with E-state index < -0.39 is 45.1 Å². The van der Waals surface area contributed by atoms with Crippen LogP contribution in [0.5, 0.6) is 0 Å². The second-order valence-corrected chi connectivity index (χ2v) is 6.47. The Balaban J connectivity index is 3.01. The van der Waals surface area contributed by atoms with Gasteiger partial charge in [0, 0.05) is 0 Å². The lowest BCUT2D eigenvalue weighted by molar-refractivity contribution is -0.139. The number of carboxylic acids is 1. The molecule has 0 radical (unpaired) electrons. The van der Waals surface area contributed by atoms with Crippen LogP contribution in [0.2, 0.25) is 0 Å². The number of benzene rings is 1. The zero-order chi connectivity index (χ0) is 17.0. The van der Waals surface area contributed by atoms with Crippen LogP contribution >= 0.6 is 0 Å². The maximum atomic E-state index is 12.8. The van der Waals surface area contributed by atoms with Crippen molar-refractivity contribution >= 4 is 16.0 Å². The summed E-state index contributed by atoms with van der Waals surface area (Å²) in [4.78, 5) is 10.9. The number of aliphatic carboxylic acids is 1. The Labute approximate surface area is 126 Å². The van der Waals surface area contributed by atoms with Crippen molar-refractivity contribution in [2.75, 3.05) is 0 Å². The van der Waals surface area contributed by atoms with Crippen molar-refractivity contribution in [1.29, 1.82) is 0 Å². The lowest BCUT2D eigenvalue weighted by Gasteiger charge is -2.16. The number of carboxylic acid groups (broad SMARTS) is 1. The van der Waals surface area contributed by atoms with Gasteiger partial charge in [0.1, 0.15) is 6.04 Å². The van der Waals surface area contributed by atoms with Crippen LogP contribution in [0.25, 0.3) is 0 Å². The van der Waals surface area contributed by atoms with Crippen LogP contribution in [0.3, 0.4) is 0 Å². The molecule has 22 heavy (non-hydrogen) atoms. The molecule has 0 amide bonds. The topological polar surface area (TPSA) is 83.5 Å². The summed E-state index contributed by atoms with van der Waals surface area (Å²) in [6, 6.07) is 2.93. The Morgan fingerprint density at radius 2 is 1.91 bits per heavy atom. The number of carbonyl (C=O) groups is 1. The van der Waals surface area contributed by atoms with Crippen LogP contribution in [0.4, 0.5) is 13.2 Å². The lowest BCUT2D eigenvalue weighted by Crippen LogP contribution is -2.41. The number of rotatable bonds is 7. The highest BCUT2D eigenvalue weighted by atomic mass is 32.2. The predicted molar refractivity (Wildman–Crippen MR) is 73.5 cm³/mol. The van der Waals surface area contributed by atoms with Gasteiger partial charge >= 0.3 is 12.1 Å². The highest BCUT2D eigenvalue weighted by molar-refractivity contribution is 7.88. The monoisotopic (exact) mass is 339 g/mol. The minimum absolute atomic E-state index is 0.0511. The molecule has 0 saturated carbocycles. The molecule has 0 aliphatic carbocycles. The van der Waals surface area contributed by atoms with Crippen molar-refractivity contribution in [2.45, 2.75) is 37.7 Å². The van der Waals surface area contributed by atoms with E-state index >= 15 is 0 Å². The van der Waals surface area contributed by atoms with Crippen molar-refractivity contribution in [2.24, 2.45) is 0 Å². The Morgan fingerprint density at radius 1 is 1.32 bits per heavy atom. The second kappa shape index (κ2) is 7.10. The highest BCUT2D eigenvalue weighted by Crippen LogP contribution is 2.32. The molecule has 0 bridgehead atoms. The molecular formula is C13H16F3NO4S. The number of nitrogens with one attached hydrogen (secondary N) is 1. The summed E-state index contributed by atoms with van der Waals surface area (Å²) in [6.45, 7) is 1.67. The zero-order valence-electron chi connectivity index (χ0n) is 11.7. The Bertz CT molecular complexity index is 628. The van der Waals surface area contributed by atoms with Gasteiger partial charge in [-0.05, 0) is 18.1 Å². The molecule has 0 saturated heterocycles. The average Bonchev–Trinajstić information content (AvgIpc) is 2.36. The van der Waals surface area contributed by atoms with Crippen molar-refractivity contribution in [3.05, 3.63) is 35.4 Å². The number of alkyl halides is 3. The van der Waals surface area contributed by atoms with E-state index in [1.54, 1.807) is 6.92 Å². The maximum absolute atomic E-state index is 12.8. The maximum Gasteiger partial charge on any atom is 0.416 e. The third-order valence-electron chi connectivity index (χ3n) is 2.87. The van der Waals surface area contributed by atoms with Crippen molar-refractivity contribution in [3.8, 4) is 0 Å². The van der Waals surface area contributed by atoms with E-state index in [-0.39, 0.29) is 6.42 Å². The first-order valence-corrected chi connectivity index (χ1v) is 8.10. The molecule has 1 rings (SSSR count). The van der Waals surface area contributed by atoms with E-state index in [9.17, 15) is 26.4 Å². The van der Waals surface area contributed by atoms with Crippen LogP contribution < -0.4 is 4.72 Å². The van der Waals surface area contributed by atoms with E-state index in [1.165, 1.54) is 6.07 Å². The number of halogens is 3. The summed E-state index contributed by atoms with van der Waals surface area (Å²) in [5.74, 6) is -2.30. The van der Waals surface area contributed by atoms with E-state index in [0.717, 1.165) is 18.2 Å². The minimum Gasteiger partial charge on any atom is -0.480 e. The summed E-state index contributed by atoms with van der Waals surface area (Å²) in [5.41, 5.74) is -1.48. The summed E-state index contributed by atoms with van der Waals surface area (Å²) in [5, 5.41) is 8.91. The first-order chi connectivity index (χ1) is 10.1. The van der Waals surface area contributed by atoms with Crippen LogP contribution in [-0.2, 0) is 26.7 Å². The van der Waals surface area contributed by atoms with E-state index in [0.29, 0.717) is 6.42 Å². The van der Waals surface area contributed by atoms with Gasteiger partial charge in [-0.15, -0.1) is 0 Å². The fourth-order valence-electron chi connectivity index (χ4n) is 1.91. The quantitative estimate of drug-likeness (QED) is 0.799. The summed E-state index contributed by atoms with van der Waals surface area (Å²) < 4.78 is 64.3. The van der Waals surface area contributed by atoms with Gasteiger partial charge < -0.3 is 5.11 Å². The van der Waals surface area contributed by atoms with Crippen molar-refractivity contribution in [3.63, 3.8) is 0 Å². The molecule has 124 valence electrons. The summed E-state index contributed by atoms with van der Waals surface area (Å²) in [6.07, 6.45) is -4.21. The first kappa shape index (κ1) is 18.4. The van der Waals surface area contributed by atoms with Crippen LogP contribution in [0.1, 0.15) is 30.9 Å². The van der Waals surface area contributed by atoms with E-state index in [1.807, 2.05) is 4.72 Å². The van der Waals surface area contributed by atoms with Gasteiger partial charge in [-0.25, -0.2) is 13.1 Å². The van der Waals surface area contributed by atoms with Crippen LogP contribution in [0.15, 0.2) is 24.3 Å². The standard InChI is InChI=1S/C13H16F3NO4S/c1-2-5-11(12(18)19)17-22(20,21)8-9-6-3-4-7-10(9)13(14,15)16/h3-4,6-7,11,17H,2,5,8H2,1H3,(H,18,19). The third-order valence-corrected chi connectivity index (χ3v) is 4.20. The summed E-state index contributed by atoms with van der Waals surface area (Å²) >= 11 is 0. The molecule has 1 atom stereocenters. The SMILES string of the molecule is CCCC(NS(=O)(=O)Cc1ccccc1C(F)(F)F)C(=O)O. The third kappa shape index (κ3) is 5.30. The average molecular weight is 339 g/mol. The van der Waals surface area contributed by atoms with Crippen molar-refractivity contribution in [1.82, 2.24) is 4.72 Å². The molecule has 2 N–H and O–H groups in total. The highest BCUT2D eigenvalue weighted by Gasteiger charge is 2.34. The molecule has 0 aromatic heterocycles. The van der Waals surface area contributed by atoms with Crippen LogP contribution in [0, 0.1) is 0 Å². The Morgan fingerprint density at radius 3 is 2.41 bits per heavy atom. The van der Waals surface area contributed by atoms with Crippen LogP contribution in [-0.4, -0.2) is 25.5 Å². The molecular weight excluding hydrogens is 323 g/mol. The second-order valence-electron chi connectivity index (χ2n) is 4.71. The van der Waals surface area contributed by atoms with Gasteiger partial charge in [0.15, 0.2) is 0 Å². The molecule has 9 heteroatoms. The molecule has 1 unspecified atom stereocenters. The van der Waals surface area contributed by atoms with Gasteiger partial charge in [-0.1, -0.05) is 31.5 Å². The molecule has 1 aromatic carbocycles.